The highest BCUT2D eigenvalue weighted by molar-refractivity contribution is 5.84. The normalized spacial score (nSPS) is 10.9. The zero-order valence-electron chi connectivity index (χ0n) is 68.5. The maximum Gasteiger partial charge on any atom is 0.160 e. The van der Waals surface area contributed by atoms with Crippen LogP contribution >= 0.6 is 0 Å². The van der Waals surface area contributed by atoms with Crippen molar-refractivity contribution in [2.75, 3.05) is 0 Å². The molecular formula is C115H79N11. The second-order valence-corrected chi connectivity index (χ2v) is 30.3. The summed E-state index contributed by atoms with van der Waals surface area (Å²) in [7, 11) is 0. The molecule has 0 aliphatic rings. The molecule has 0 saturated carbocycles. The Bertz CT molecular complexity index is 5880. The van der Waals surface area contributed by atoms with E-state index in [2.05, 4.69) is 377 Å². The molecule has 21 aromatic rings. The largest absolute Gasteiger partial charge is 0.265 e. The topological polar surface area (TPSA) is 142 Å². The Morgan fingerprint density at radius 2 is 0.270 bits per heavy atom. The van der Waals surface area contributed by atoms with Gasteiger partial charge in [-0.25, -0.2) is 29.9 Å². The summed E-state index contributed by atoms with van der Waals surface area (Å²) < 4.78 is 0. The molecule has 0 saturated heterocycles. The Kier molecular flexibility index (Phi) is 23.5. The summed E-state index contributed by atoms with van der Waals surface area (Å²) in [6.45, 7) is 0. The Hall–Kier alpha value is -17.2. The molecular weight excluding hydrogens is 1540 g/mol. The first-order valence-corrected chi connectivity index (χ1v) is 41.8. The predicted octanol–water partition coefficient (Wildman–Crippen LogP) is 28.4. The van der Waals surface area contributed by atoms with Gasteiger partial charge in [0.25, 0.3) is 0 Å². The van der Waals surface area contributed by atoms with Gasteiger partial charge in [0.05, 0.1) is 34.2 Å². The van der Waals surface area contributed by atoms with Crippen molar-refractivity contribution in [3.63, 3.8) is 0 Å². The predicted molar refractivity (Wildman–Crippen MR) is 513 cm³/mol. The average molecular weight is 1610 g/mol. The molecule has 8 aromatic heterocycles. The van der Waals surface area contributed by atoms with Crippen LogP contribution in [-0.4, -0.2) is 54.8 Å². The molecule has 13 aromatic carbocycles. The molecule has 0 atom stereocenters. The quantitative estimate of drug-likeness (QED) is 0.0810. The van der Waals surface area contributed by atoms with Crippen molar-refractivity contribution >= 4 is 0 Å². The summed E-state index contributed by atoms with van der Waals surface area (Å²) in [6.07, 6.45) is 18.3. The molecule has 0 spiro atoms. The summed E-state index contributed by atoms with van der Waals surface area (Å²) >= 11 is 0. The summed E-state index contributed by atoms with van der Waals surface area (Å²) in [4.78, 5) is 52.1. The number of pyridine rings is 5. The van der Waals surface area contributed by atoms with Crippen LogP contribution in [0.4, 0.5) is 0 Å². The minimum atomic E-state index is 0.659. The van der Waals surface area contributed by atoms with Crippen LogP contribution in [0.15, 0.2) is 481 Å². The van der Waals surface area contributed by atoms with Crippen LogP contribution < -0.4 is 0 Å². The number of aromatic nitrogens is 11. The van der Waals surface area contributed by atoms with E-state index < -0.39 is 0 Å². The lowest BCUT2D eigenvalue weighted by atomic mass is 9.99. The van der Waals surface area contributed by atoms with Crippen molar-refractivity contribution in [1.29, 1.82) is 0 Å². The molecule has 0 bridgehead atoms. The van der Waals surface area contributed by atoms with Crippen LogP contribution in [-0.2, 0) is 0 Å². The first kappa shape index (κ1) is 78.7. The highest BCUT2D eigenvalue weighted by Gasteiger charge is 2.19. The standard InChI is InChI=1S/2C39H27N3.C37H25N5/c1-3-11-28(12-4-1)30-15-7-18-33(23-30)37-26-38(34-19-8-16-31(24-34)29-13-5-2-6-14-29)42-39(41-37)35-20-9-17-32(25-35)36-21-10-22-40-27-36;1-3-10-28(11-4-1)31-14-7-17-34(24-31)37-27-38(35-18-8-15-32(25-35)29-12-5-2-6-13-29)42-39(41-37)36-19-9-16-33(26-36)30-20-22-40-23-21-30;1-7-26(32-13-4-16-38-23-32)19-29(10-1)35-22-36(30-11-2-8-27(20-30)33-14-5-17-39-24-33)42-37(41-35)31-12-3-9-28(21-31)34-15-6-18-40-25-34/h2*1-27H;1-25H. The second-order valence-electron chi connectivity index (χ2n) is 30.3. The van der Waals surface area contributed by atoms with Gasteiger partial charge in [-0.2, -0.15) is 0 Å². The zero-order chi connectivity index (χ0) is 84.4. The monoisotopic (exact) mass is 1610 g/mol. The lowest BCUT2D eigenvalue weighted by Crippen LogP contribution is -1.96. The zero-order valence-corrected chi connectivity index (χ0v) is 68.5. The van der Waals surface area contributed by atoms with E-state index in [1.54, 1.807) is 24.8 Å². The summed E-state index contributed by atoms with van der Waals surface area (Å²) in [5, 5.41) is 0. The average Bonchev–Trinajstić information content (AvgIpc) is 0.793. The van der Waals surface area contributed by atoms with E-state index in [1.165, 1.54) is 22.3 Å². The molecule has 0 N–H and O–H groups in total. The maximum absolute atomic E-state index is 5.13. The molecule has 126 heavy (non-hydrogen) atoms. The van der Waals surface area contributed by atoms with Crippen LogP contribution in [0.3, 0.4) is 0 Å². The lowest BCUT2D eigenvalue weighted by molar-refractivity contribution is 1.18. The third kappa shape index (κ3) is 18.7. The van der Waals surface area contributed by atoms with E-state index >= 15 is 0 Å². The number of nitrogens with zero attached hydrogens (tertiary/aromatic N) is 11. The first-order valence-electron chi connectivity index (χ1n) is 41.8. The molecule has 0 aliphatic heterocycles. The van der Waals surface area contributed by atoms with E-state index in [4.69, 9.17) is 29.9 Å². The highest BCUT2D eigenvalue weighted by Crippen LogP contribution is 2.39. The minimum Gasteiger partial charge on any atom is -0.265 e. The van der Waals surface area contributed by atoms with E-state index in [0.29, 0.717) is 17.5 Å². The van der Waals surface area contributed by atoms with E-state index in [-0.39, 0.29) is 0 Å². The van der Waals surface area contributed by atoms with Crippen molar-refractivity contribution in [3.05, 3.63) is 481 Å². The maximum atomic E-state index is 5.13. The molecule has 11 heteroatoms. The Morgan fingerprint density at radius 1 is 0.103 bits per heavy atom. The van der Waals surface area contributed by atoms with Crippen molar-refractivity contribution in [2.45, 2.75) is 0 Å². The molecule has 0 aliphatic carbocycles. The first-order chi connectivity index (χ1) is 62.4. The van der Waals surface area contributed by atoms with E-state index in [1.807, 2.05) is 104 Å². The lowest BCUT2D eigenvalue weighted by Gasteiger charge is -2.12. The number of hydrogen-bond donors (Lipinski definition) is 0. The minimum absolute atomic E-state index is 0.659. The summed E-state index contributed by atoms with van der Waals surface area (Å²) in [5.41, 5.74) is 34.3. The third-order valence-corrected chi connectivity index (χ3v) is 21.9. The van der Waals surface area contributed by atoms with E-state index in [9.17, 15) is 0 Å². The van der Waals surface area contributed by atoms with Crippen LogP contribution in [0, 0.1) is 0 Å². The molecule has 0 fully saturated rings. The number of benzene rings is 13. The van der Waals surface area contributed by atoms with Crippen molar-refractivity contribution < 1.29 is 0 Å². The molecule has 0 amide bonds. The van der Waals surface area contributed by atoms with Gasteiger partial charge in [0.15, 0.2) is 17.5 Å². The van der Waals surface area contributed by atoms with Crippen LogP contribution in [0.5, 0.6) is 0 Å². The van der Waals surface area contributed by atoms with Gasteiger partial charge in [-0.1, -0.05) is 309 Å². The molecule has 11 nitrogen and oxygen atoms in total. The van der Waals surface area contributed by atoms with Gasteiger partial charge in [-0.3, -0.25) is 24.9 Å². The highest BCUT2D eigenvalue weighted by atomic mass is 14.9. The van der Waals surface area contributed by atoms with Crippen LogP contribution in [0.1, 0.15) is 0 Å². The Morgan fingerprint density at radius 3 is 0.476 bits per heavy atom. The SMILES string of the molecule is c1ccc(-c2cccc(-c3cc(-c4cccc(-c5ccccc5)c4)nc(-c4cccc(-c5cccnc5)c4)n3)c2)cc1.c1ccc(-c2cccc(-c3cc(-c4cccc(-c5ccccc5)c4)nc(-c4cccc(-c5ccncc5)c4)n3)c2)cc1.c1cncc(-c2cccc(-c3cc(-c4cccc(-c5cccnc5)c4)nc(-c4cccc(-c5cccnc5)c4)n3)c2)c1. The van der Waals surface area contributed by atoms with Gasteiger partial charge in [0.2, 0.25) is 0 Å². The fraction of sp³-hybridized carbons (Fsp3) is 0. The van der Waals surface area contributed by atoms with Crippen LogP contribution in [0.25, 0.3) is 202 Å². The van der Waals surface area contributed by atoms with Gasteiger partial charge in [-0.05, 0) is 187 Å². The number of rotatable bonds is 18. The van der Waals surface area contributed by atoms with Gasteiger partial charge in [0.1, 0.15) is 0 Å². The molecule has 21 rings (SSSR count). The van der Waals surface area contributed by atoms with Crippen LogP contribution in [0.2, 0.25) is 0 Å². The van der Waals surface area contributed by atoms with Gasteiger partial charge >= 0.3 is 0 Å². The molecule has 8 heterocycles. The fourth-order valence-corrected chi connectivity index (χ4v) is 15.5. The second kappa shape index (κ2) is 37.6. The van der Waals surface area contributed by atoms with Crippen molar-refractivity contribution in [2.24, 2.45) is 0 Å². The summed E-state index contributed by atoms with van der Waals surface area (Å²) in [5.74, 6) is 2.03. The van der Waals surface area contributed by atoms with Crippen molar-refractivity contribution in [3.8, 4) is 202 Å². The summed E-state index contributed by atoms with van der Waals surface area (Å²) in [6, 6.07) is 144. The fourth-order valence-electron chi connectivity index (χ4n) is 15.5. The molecule has 594 valence electrons. The molecule has 0 unspecified atom stereocenters. The van der Waals surface area contributed by atoms with Gasteiger partial charge < -0.3 is 0 Å². The third-order valence-electron chi connectivity index (χ3n) is 21.9. The Labute approximate surface area is 732 Å². The Balaban J connectivity index is 0.000000123. The number of hydrogen-bond acceptors (Lipinski definition) is 11. The molecule has 0 radical (unpaired) electrons. The van der Waals surface area contributed by atoms with Crippen molar-refractivity contribution in [1.82, 2.24) is 54.8 Å². The van der Waals surface area contributed by atoms with E-state index in [0.717, 1.165) is 162 Å². The van der Waals surface area contributed by atoms with Gasteiger partial charge in [-0.15, -0.1) is 0 Å². The van der Waals surface area contributed by atoms with Gasteiger partial charge in [0, 0.05) is 134 Å². The smallest absolute Gasteiger partial charge is 0.160 e.